The molecule has 0 unspecified atom stereocenters. The zero-order valence-electron chi connectivity index (χ0n) is 11.6. The largest absolute Gasteiger partial charge is 0.369 e. The monoisotopic (exact) mass is 337 g/mol. The van der Waals surface area contributed by atoms with Crippen molar-refractivity contribution in [3.63, 3.8) is 0 Å². The molecule has 20 heavy (non-hydrogen) atoms. The Labute approximate surface area is 126 Å². The minimum absolute atomic E-state index is 0.235. The molecule has 1 N–H and O–H groups in total. The molecule has 0 saturated carbocycles. The molecule has 0 saturated heterocycles. The van der Waals surface area contributed by atoms with E-state index in [0.29, 0.717) is 12.2 Å². The number of aromatic nitrogens is 2. The molecule has 106 valence electrons. The van der Waals surface area contributed by atoms with Crippen molar-refractivity contribution in [2.24, 2.45) is 0 Å². The Hall–Kier alpha value is -1.49. The maximum absolute atomic E-state index is 13.2. The second-order valence-electron chi connectivity index (χ2n) is 4.62. The molecule has 0 radical (unpaired) electrons. The van der Waals surface area contributed by atoms with Gasteiger partial charge < -0.3 is 5.32 Å². The van der Waals surface area contributed by atoms with Gasteiger partial charge in [0.1, 0.15) is 17.5 Å². The molecule has 0 aliphatic heterocycles. The predicted molar refractivity (Wildman–Crippen MR) is 82.5 cm³/mol. The maximum atomic E-state index is 13.2. The molecule has 1 heterocycles. The summed E-state index contributed by atoms with van der Waals surface area (Å²) in [6.07, 6.45) is 1.54. The van der Waals surface area contributed by atoms with Gasteiger partial charge in [-0.2, -0.15) is 0 Å². The molecule has 2 rings (SSSR count). The fourth-order valence-electron chi connectivity index (χ4n) is 1.89. The third-order valence-electron chi connectivity index (χ3n) is 2.86. The Morgan fingerprint density at radius 1 is 1.30 bits per heavy atom. The maximum Gasteiger partial charge on any atom is 0.144 e. The van der Waals surface area contributed by atoms with Gasteiger partial charge >= 0.3 is 0 Å². The summed E-state index contributed by atoms with van der Waals surface area (Å²) >= 11 is 3.49. The van der Waals surface area contributed by atoms with Crippen LogP contribution in [0, 0.1) is 12.7 Å². The van der Waals surface area contributed by atoms with Crippen molar-refractivity contribution >= 4 is 21.7 Å². The summed E-state index contributed by atoms with van der Waals surface area (Å²) in [6, 6.07) is 6.53. The highest BCUT2D eigenvalue weighted by Gasteiger charge is 2.09. The molecule has 0 aliphatic carbocycles. The Morgan fingerprint density at radius 3 is 2.80 bits per heavy atom. The van der Waals surface area contributed by atoms with Crippen molar-refractivity contribution in [1.82, 2.24) is 9.97 Å². The molecule has 0 bridgehead atoms. The summed E-state index contributed by atoms with van der Waals surface area (Å²) in [5.74, 6) is 1.25. The minimum atomic E-state index is -0.235. The van der Waals surface area contributed by atoms with Crippen LogP contribution in [0.3, 0.4) is 0 Å². The van der Waals surface area contributed by atoms with Gasteiger partial charge in [-0.05, 0) is 47.0 Å². The van der Waals surface area contributed by atoms with Crippen LogP contribution < -0.4 is 5.32 Å². The molecule has 0 fully saturated rings. The fraction of sp³-hybridized carbons (Fsp3) is 0.333. The quantitative estimate of drug-likeness (QED) is 0.892. The third kappa shape index (κ3) is 3.76. The number of benzene rings is 1. The van der Waals surface area contributed by atoms with Gasteiger partial charge in [-0.25, -0.2) is 14.4 Å². The predicted octanol–water partition coefficient (Wildman–Crippen LogP) is 4.10. The van der Waals surface area contributed by atoms with Crippen molar-refractivity contribution in [1.29, 1.82) is 0 Å². The van der Waals surface area contributed by atoms with Gasteiger partial charge in [0.25, 0.3) is 0 Å². The molecular formula is C15H17BrFN3. The third-order valence-corrected chi connectivity index (χ3v) is 3.81. The number of nitrogens with one attached hydrogen (secondary N) is 1. The number of rotatable bonds is 5. The number of hydrogen-bond donors (Lipinski definition) is 1. The fourth-order valence-corrected chi connectivity index (χ4v) is 2.20. The van der Waals surface area contributed by atoms with Crippen LogP contribution in [0.4, 0.5) is 10.2 Å². The van der Waals surface area contributed by atoms with Crippen molar-refractivity contribution in [2.75, 3.05) is 11.9 Å². The molecule has 0 atom stereocenters. The lowest BCUT2D eigenvalue weighted by Crippen LogP contribution is -2.08. The number of hydrogen-bond acceptors (Lipinski definition) is 3. The lowest BCUT2D eigenvalue weighted by Gasteiger charge is -2.10. The van der Waals surface area contributed by atoms with Crippen molar-refractivity contribution in [2.45, 2.75) is 26.7 Å². The van der Waals surface area contributed by atoms with Gasteiger partial charge in [0.05, 0.1) is 10.2 Å². The van der Waals surface area contributed by atoms with Gasteiger partial charge in [0, 0.05) is 13.0 Å². The summed E-state index contributed by atoms with van der Waals surface area (Å²) in [4.78, 5) is 8.95. The molecule has 1 aromatic carbocycles. The van der Waals surface area contributed by atoms with Crippen LogP contribution in [0.1, 0.15) is 30.4 Å². The van der Waals surface area contributed by atoms with E-state index in [1.54, 1.807) is 6.07 Å². The molecule has 1 aromatic heterocycles. The zero-order chi connectivity index (χ0) is 14.5. The van der Waals surface area contributed by atoms with E-state index in [-0.39, 0.29) is 5.82 Å². The van der Waals surface area contributed by atoms with Crippen molar-refractivity contribution in [3.8, 4) is 0 Å². The average molecular weight is 338 g/mol. The van der Waals surface area contributed by atoms with Crippen LogP contribution in [-0.2, 0) is 6.42 Å². The Bertz CT molecular complexity index is 602. The van der Waals surface area contributed by atoms with Crippen LogP contribution in [-0.4, -0.2) is 16.5 Å². The Balaban J connectivity index is 2.25. The van der Waals surface area contributed by atoms with E-state index in [1.165, 1.54) is 12.1 Å². The van der Waals surface area contributed by atoms with Crippen molar-refractivity contribution < 1.29 is 4.39 Å². The number of anilines is 1. The van der Waals surface area contributed by atoms with Gasteiger partial charge in [0.2, 0.25) is 0 Å². The SMILES string of the molecule is CCCNc1nc(Cc2cccc(F)c2)nc(C)c1Br. The van der Waals surface area contributed by atoms with Crippen LogP contribution in [0.25, 0.3) is 0 Å². The highest BCUT2D eigenvalue weighted by Crippen LogP contribution is 2.23. The highest BCUT2D eigenvalue weighted by atomic mass is 79.9. The average Bonchev–Trinajstić information content (AvgIpc) is 2.41. The Kier molecular flexibility index (Phi) is 5.06. The molecule has 0 amide bonds. The highest BCUT2D eigenvalue weighted by molar-refractivity contribution is 9.10. The minimum Gasteiger partial charge on any atom is -0.369 e. The molecule has 5 heteroatoms. The van der Waals surface area contributed by atoms with E-state index in [9.17, 15) is 4.39 Å². The van der Waals surface area contributed by atoms with E-state index in [1.807, 2.05) is 13.0 Å². The van der Waals surface area contributed by atoms with Crippen LogP contribution in [0.15, 0.2) is 28.7 Å². The summed E-state index contributed by atoms with van der Waals surface area (Å²) in [6.45, 7) is 4.88. The molecule has 0 spiro atoms. The Morgan fingerprint density at radius 2 is 2.10 bits per heavy atom. The molecule has 0 aliphatic rings. The first kappa shape index (κ1) is 14.9. The second-order valence-corrected chi connectivity index (χ2v) is 5.41. The topological polar surface area (TPSA) is 37.8 Å². The second kappa shape index (κ2) is 6.79. The first-order valence-corrected chi connectivity index (χ1v) is 7.40. The van der Waals surface area contributed by atoms with E-state index >= 15 is 0 Å². The summed E-state index contributed by atoms with van der Waals surface area (Å²) < 4.78 is 14.1. The lowest BCUT2D eigenvalue weighted by atomic mass is 10.1. The van der Waals surface area contributed by atoms with Gasteiger partial charge in [-0.1, -0.05) is 19.1 Å². The number of halogens is 2. The summed E-state index contributed by atoms with van der Waals surface area (Å²) in [5, 5.41) is 3.27. The van der Waals surface area contributed by atoms with Crippen LogP contribution in [0.5, 0.6) is 0 Å². The molecular weight excluding hydrogens is 321 g/mol. The van der Waals surface area contributed by atoms with Gasteiger partial charge in [-0.15, -0.1) is 0 Å². The van der Waals surface area contributed by atoms with Gasteiger partial charge in [-0.3, -0.25) is 0 Å². The van der Waals surface area contributed by atoms with E-state index in [0.717, 1.165) is 34.5 Å². The first-order chi connectivity index (χ1) is 9.60. The number of nitrogens with zero attached hydrogens (tertiary/aromatic N) is 2. The van der Waals surface area contributed by atoms with E-state index < -0.39 is 0 Å². The first-order valence-electron chi connectivity index (χ1n) is 6.61. The van der Waals surface area contributed by atoms with E-state index in [2.05, 4.69) is 38.1 Å². The summed E-state index contributed by atoms with van der Waals surface area (Å²) in [7, 11) is 0. The standard InChI is InChI=1S/C15H17BrFN3/c1-3-7-18-15-14(16)10(2)19-13(20-15)9-11-5-4-6-12(17)8-11/h4-6,8H,3,7,9H2,1-2H3,(H,18,19,20). The van der Waals surface area contributed by atoms with E-state index in [4.69, 9.17) is 0 Å². The zero-order valence-corrected chi connectivity index (χ0v) is 13.2. The summed E-state index contributed by atoms with van der Waals surface area (Å²) in [5.41, 5.74) is 1.75. The van der Waals surface area contributed by atoms with Crippen LogP contribution >= 0.6 is 15.9 Å². The molecule has 3 nitrogen and oxygen atoms in total. The lowest BCUT2D eigenvalue weighted by molar-refractivity contribution is 0.625. The van der Waals surface area contributed by atoms with Crippen LogP contribution in [0.2, 0.25) is 0 Å². The normalized spacial score (nSPS) is 10.6. The van der Waals surface area contributed by atoms with Gasteiger partial charge in [0.15, 0.2) is 0 Å². The molecule has 2 aromatic rings. The number of aryl methyl sites for hydroxylation is 1. The van der Waals surface area contributed by atoms with Crippen molar-refractivity contribution in [3.05, 3.63) is 51.6 Å². The smallest absolute Gasteiger partial charge is 0.144 e.